The molecule has 2 aliphatic heterocycles. The SMILES string of the molecule is Cc1cc(-c2cc(O[C@H]3CCN4C(=O)N(C)CCCC/C=C\[C@@H]5C[C@@]5(C(=O)NS(=O)(=O)C5(C)CC5)NC(=O)[C@@H]4C3)nc(-c3nc(C(F)(F)F)cs3)n2)c(C)s1. The van der Waals surface area contributed by atoms with Crippen LogP contribution in [0.4, 0.5) is 18.0 Å². The summed E-state index contributed by atoms with van der Waals surface area (Å²) in [6.45, 7) is 5.98. The molecule has 1 saturated heterocycles. The van der Waals surface area contributed by atoms with E-state index in [1.54, 1.807) is 24.9 Å². The van der Waals surface area contributed by atoms with Crippen molar-refractivity contribution in [3.8, 4) is 28.0 Å². The highest BCUT2D eigenvalue weighted by atomic mass is 32.2. The third-order valence-corrected chi connectivity index (χ3v) is 14.8. The van der Waals surface area contributed by atoms with E-state index in [2.05, 4.69) is 25.0 Å². The molecule has 4 aliphatic rings. The number of carbonyl (C=O) groups excluding carboxylic acids is 3. The number of carbonyl (C=O) groups is 3. The minimum absolute atomic E-state index is 0.0132. The highest BCUT2D eigenvalue weighted by molar-refractivity contribution is 7.91. The number of urea groups is 1. The molecule has 3 fully saturated rings. The van der Waals surface area contributed by atoms with E-state index in [0.717, 1.165) is 38.5 Å². The number of piperidine rings is 1. The summed E-state index contributed by atoms with van der Waals surface area (Å²) >= 11 is 2.29. The molecule has 296 valence electrons. The maximum absolute atomic E-state index is 14.3. The van der Waals surface area contributed by atoms with Crippen LogP contribution in [-0.4, -0.2) is 93.6 Å². The van der Waals surface area contributed by atoms with Crippen LogP contribution in [0.2, 0.25) is 0 Å². The quantitative estimate of drug-likeness (QED) is 0.279. The van der Waals surface area contributed by atoms with Crippen molar-refractivity contribution in [2.45, 2.75) is 101 Å². The number of thiazole rings is 1. The number of nitrogens with zero attached hydrogens (tertiary/aromatic N) is 5. The van der Waals surface area contributed by atoms with Gasteiger partial charge in [0.2, 0.25) is 21.8 Å². The molecule has 19 heteroatoms. The van der Waals surface area contributed by atoms with Crippen LogP contribution in [0.25, 0.3) is 22.1 Å². The molecule has 2 saturated carbocycles. The molecule has 7 rings (SSSR count). The minimum Gasteiger partial charge on any atom is -0.474 e. The number of sulfonamides is 1. The zero-order chi connectivity index (χ0) is 39.5. The number of rotatable bonds is 7. The molecule has 0 bridgehead atoms. The van der Waals surface area contributed by atoms with Gasteiger partial charge in [-0.05, 0) is 65.4 Å². The maximum atomic E-state index is 14.3. The number of alkyl halides is 3. The summed E-state index contributed by atoms with van der Waals surface area (Å²) in [4.78, 5) is 59.7. The van der Waals surface area contributed by atoms with Crippen molar-refractivity contribution in [2.75, 3.05) is 20.1 Å². The van der Waals surface area contributed by atoms with E-state index < -0.39 is 62.1 Å². The summed E-state index contributed by atoms with van der Waals surface area (Å²) < 4.78 is 74.2. The minimum atomic E-state index is -4.65. The molecule has 13 nitrogen and oxygen atoms in total. The molecule has 0 aromatic carbocycles. The fraction of sp³-hybridized carbons (Fsp3) is 0.556. The number of ether oxygens (including phenoxy) is 1. The van der Waals surface area contributed by atoms with E-state index >= 15 is 0 Å². The number of amides is 4. The van der Waals surface area contributed by atoms with Gasteiger partial charge in [-0.25, -0.2) is 23.2 Å². The maximum Gasteiger partial charge on any atom is 0.434 e. The fourth-order valence-electron chi connectivity index (χ4n) is 7.05. The van der Waals surface area contributed by atoms with Crippen LogP contribution in [0.3, 0.4) is 0 Å². The number of nitrogens with one attached hydrogen (secondary N) is 2. The van der Waals surface area contributed by atoms with Gasteiger partial charge in [0.05, 0.1) is 10.4 Å². The van der Waals surface area contributed by atoms with E-state index in [1.807, 2.05) is 32.1 Å². The molecule has 4 atom stereocenters. The Morgan fingerprint density at radius 1 is 1.11 bits per heavy atom. The predicted molar refractivity (Wildman–Crippen MR) is 200 cm³/mol. The van der Waals surface area contributed by atoms with Crippen LogP contribution in [0.15, 0.2) is 29.7 Å². The largest absolute Gasteiger partial charge is 0.474 e. The number of fused-ring (bicyclic) bond motifs is 2. The highest BCUT2D eigenvalue weighted by Gasteiger charge is 2.63. The first-order valence-electron chi connectivity index (χ1n) is 18.1. The Kier molecular flexibility index (Phi) is 10.3. The zero-order valence-electron chi connectivity index (χ0n) is 30.7. The van der Waals surface area contributed by atoms with Gasteiger partial charge in [-0.1, -0.05) is 12.2 Å². The number of hydrogen-bond donors (Lipinski definition) is 2. The summed E-state index contributed by atoms with van der Waals surface area (Å²) in [6, 6.07) is 2.03. The summed E-state index contributed by atoms with van der Waals surface area (Å²) in [5.74, 6) is -1.90. The molecule has 0 unspecified atom stereocenters. The second-order valence-electron chi connectivity index (χ2n) is 15.0. The Morgan fingerprint density at radius 3 is 2.55 bits per heavy atom. The first-order chi connectivity index (χ1) is 25.9. The van der Waals surface area contributed by atoms with E-state index in [-0.39, 0.29) is 48.6 Å². The van der Waals surface area contributed by atoms with Crippen LogP contribution in [0, 0.1) is 19.8 Å². The Hall–Kier alpha value is -4.10. The average Bonchev–Trinajstić information content (AvgIpc) is 3.91. The monoisotopic (exact) mass is 821 g/mol. The van der Waals surface area contributed by atoms with Crippen molar-refractivity contribution in [2.24, 2.45) is 5.92 Å². The highest BCUT2D eigenvalue weighted by Crippen LogP contribution is 2.47. The number of hydrogen-bond acceptors (Lipinski definition) is 11. The van der Waals surface area contributed by atoms with Crippen molar-refractivity contribution in [1.82, 2.24) is 34.8 Å². The van der Waals surface area contributed by atoms with E-state index in [0.29, 0.717) is 37.9 Å². The Labute approximate surface area is 324 Å². The van der Waals surface area contributed by atoms with Crippen LogP contribution >= 0.6 is 22.7 Å². The van der Waals surface area contributed by atoms with Crippen molar-refractivity contribution < 1.29 is 40.7 Å². The third kappa shape index (κ3) is 7.96. The lowest BCUT2D eigenvalue weighted by molar-refractivity contribution is -0.140. The molecular weight excluding hydrogens is 780 g/mol. The summed E-state index contributed by atoms with van der Waals surface area (Å²) in [5, 5.41) is 3.71. The van der Waals surface area contributed by atoms with Gasteiger partial charge in [0.15, 0.2) is 16.5 Å². The lowest BCUT2D eigenvalue weighted by Crippen LogP contribution is -2.61. The van der Waals surface area contributed by atoms with E-state index in [1.165, 1.54) is 16.2 Å². The summed E-state index contributed by atoms with van der Waals surface area (Å²) in [7, 11) is -2.34. The second kappa shape index (κ2) is 14.4. The normalized spacial score (nSPS) is 26.3. The van der Waals surface area contributed by atoms with Crippen LogP contribution in [0.1, 0.15) is 73.7 Å². The summed E-state index contributed by atoms with van der Waals surface area (Å²) in [6.07, 6.45) is 1.91. The third-order valence-electron chi connectivity index (χ3n) is 10.8. The van der Waals surface area contributed by atoms with Gasteiger partial charge in [-0.2, -0.15) is 18.2 Å². The predicted octanol–water partition coefficient (Wildman–Crippen LogP) is 5.84. The number of thiophene rings is 1. The van der Waals surface area contributed by atoms with Crippen LogP contribution in [0.5, 0.6) is 5.88 Å². The van der Waals surface area contributed by atoms with Crippen molar-refractivity contribution in [3.63, 3.8) is 0 Å². The van der Waals surface area contributed by atoms with Gasteiger partial charge in [0, 0.05) is 65.7 Å². The van der Waals surface area contributed by atoms with Crippen LogP contribution < -0.4 is 14.8 Å². The molecule has 2 aliphatic carbocycles. The lowest BCUT2D eigenvalue weighted by atomic mass is 9.97. The lowest BCUT2D eigenvalue weighted by Gasteiger charge is -2.40. The second-order valence-corrected chi connectivity index (χ2v) is 19.5. The molecule has 0 radical (unpaired) electrons. The summed E-state index contributed by atoms with van der Waals surface area (Å²) in [5.41, 5.74) is -1.41. The smallest absolute Gasteiger partial charge is 0.434 e. The Bertz CT molecular complexity index is 2150. The van der Waals surface area contributed by atoms with Crippen molar-refractivity contribution in [1.29, 1.82) is 0 Å². The van der Waals surface area contributed by atoms with Gasteiger partial charge in [0.25, 0.3) is 5.91 Å². The average molecular weight is 822 g/mol. The van der Waals surface area contributed by atoms with Gasteiger partial charge in [0.1, 0.15) is 17.7 Å². The standard InChI is InChI=1S/C36H42F3N7O6S3/c1-20-15-24(21(2)54-20)25-17-28(42-29(40-25)31-41-27(19-53-31)36(37,38)39)52-23-10-14-46-26(16-23)30(47)43-35(32(48)44-55(50,51)34(3)11-12-34)18-22(35)9-7-5-6-8-13-45(4)33(46)49/h7,9,15,17,19,22-23,26H,5-6,8,10-14,16,18H2,1-4H3,(H,43,47)(H,44,48)/b9-7-/t22-,23+,26+,35-/m1/s1. The van der Waals surface area contributed by atoms with Crippen molar-refractivity contribution >= 4 is 50.5 Å². The number of aromatic nitrogens is 3. The number of allylic oxidation sites excluding steroid dienone is 1. The molecule has 4 amide bonds. The van der Waals surface area contributed by atoms with Crippen molar-refractivity contribution in [3.05, 3.63) is 45.1 Å². The van der Waals surface area contributed by atoms with E-state index in [9.17, 15) is 36.0 Å². The van der Waals surface area contributed by atoms with Gasteiger partial charge >= 0.3 is 12.2 Å². The zero-order valence-corrected chi connectivity index (χ0v) is 33.2. The Balaban J connectivity index is 1.19. The molecule has 5 heterocycles. The van der Waals surface area contributed by atoms with E-state index in [4.69, 9.17) is 4.74 Å². The Morgan fingerprint density at radius 2 is 1.87 bits per heavy atom. The molecular formula is C36H42F3N7O6S3. The molecule has 3 aromatic heterocycles. The molecule has 55 heavy (non-hydrogen) atoms. The van der Waals surface area contributed by atoms with Gasteiger partial charge in [-0.3, -0.25) is 14.3 Å². The topological polar surface area (TPSA) is 164 Å². The number of halogens is 3. The number of aryl methyl sites for hydroxylation is 2. The van der Waals surface area contributed by atoms with Crippen LogP contribution in [-0.2, 0) is 25.8 Å². The first kappa shape index (κ1) is 39.1. The van der Waals surface area contributed by atoms with Gasteiger partial charge < -0.3 is 19.9 Å². The fourth-order valence-corrected chi connectivity index (χ4v) is 10.1. The van der Waals surface area contributed by atoms with Gasteiger partial charge in [-0.15, -0.1) is 22.7 Å². The molecule has 2 N–H and O–H groups in total. The molecule has 3 aromatic rings. The molecule has 0 spiro atoms. The first-order valence-corrected chi connectivity index (χ1v) is 21.3.